The van der Waals surface area contributed by atoms with Crippen molar-refractivity contribution in [1.29, 1.82) is 0 Å². The molecule has 1 saturated carbocycles. The zero-order valence-electron chi connectivity index (χ0n) is 10.2. The second kappa shape index (κ2) is 6.35. The third kappa shape index (κ3) is 5.50. The normalized spacial score (nSPS) is 20.8. The molecule has 5 nitrogen and oxygen atoms in total. The highest BCUT2D eigenvalue weighted by atomic mass is 32.2. The van der Waals surface area contributed by atoms with E-state index in [2.05, 4.69) is 4.72 Å². The van der Waals surface area contributed by atoms with Crippen LogP contribution in [0.4, 0.5) is 0 Å². The quantitative estimate of drug-likeness (QED) is 0.733. The minimum atomic E-state index is -3.69. The first-order chi connectivity index (χ1) is 7.91. The molecular formula is C11H21NO4S. The molecule has 0 aromatic rings. The Bertz CT molecular complexity index is 344. The number of carbonyl (C=O) groups is 1. The molecule has 1 rings (SSSR count). The predicted octanol–water partition coefficient (Wildman–Crippen LogP) is 1.35. The predicted molar refractivity (Wildman–Crippen MR) is 65.2 cm³/mol. The number of nitrogens with one attached hydrogen (secondary N) is 1. The second-order valence-corrected chi connectivity index (χ2v) is 6.56. The molecule has 0 spiro atoms. The van der Waals surface area contributed by atoms with Gasteiger partial charge in [-0.1, -0.05) is 25.7 Å². The van der Waals surface area contributed by atoms with Crippen molar-refractivity contribution >= 4 is 16.0 Å². The van der Waals surface area contributed by atoms with Gasteiger partial charge >= 0.3 is 5.97 Å². The molecule has 6 heteroatoms. The number of rotatable bonds is 5. The molecule has 0 saturated heterocycles. The monoisotopic (exact) mass is 263 g/mol. The average Bonchev–Trinajstić information content (AvgIpc) is 2.41. The van der Waals surface area contributed by atoms with E-state index in [-0.39, 0.29) is 6.04 Å². The second-order valence-electron chi connectivity index (χ2n) is 4.81. The number of hydrogen-bond donors (Lipinski definition) is 2. The van der Waals surface area contributed by atoms with Crippen LogP contribution in [0, 0.1) is 5.92 Å². The fraction of sp³-hybridized carbons (Fsp3) is 0.909. The Hall–Kier alpha value is -0.620. The van der Waals surface area contributed by atoms with Crippen LogP contribution in [0.2, 0.25) is 0 Å². The highest BCUT2D eigenvalue weighted by Crippen LogP contribution is 2.25. The summed E-state index contributed by atoms with van der Waals surface area (Å²) in [5.74, 6) is -1.82. The number of carboxylic acids is 1. The van der Waals surface area contributed by atoms with Gasteiger partial charge in [0.25, 0.3) is 0 Å². The number of hydrogen-bond acceptors (Lipinski definition) is 3. The molecule has 1 fully saturated rings. The minimum Gasteiger partial charge on any atom is -0.480 e. The first-order valence-electron chi connectivity index (χ1n) is 6.12. The highest BCUT2D eigenvalue weighted by molar-refractivity contribution is 7.90. The standard InChI is InChI=1S/C11H21NO4S/c1-9(10-6-4-2-3-5-7-10)12-17(15,16)8-11(13)14/h9-10,12H,2-8H2,1H3,(H,13,14)/t9-/m0/s1. The van der Waals surface area contributed by atoms with Crippen LogP contribution in [0.1, 0.15) is 45.4 Å². The largest absolute Gasteiger partial charge is 0.480 e. The number of carboxylic acid groups (broad SMARTS) is 1. The maximum atomic E-state index is 11.5. The summed E-state index contributed by atoms with van der Waals surface area (Å²) < 4.78 is 25.5. The zero-order valence-corrected chi connectivity index (χ0v) is 11.0. The van der Waals surface area contributed by atoms with Crippen LogP contribution in [0.5, 0.6) is 0 Å². The fourth-order valence-electron chi connectivity index (χ4n) is 2.39. The van der Waals surface area contributed by atoms with E-state index in [9.17, 15) is 13.2 Å². The Morgan fingerprint density at radius 3 is 2.29 bits per heavy atom. The molecule has 0 heterocycles. The average molecular weight is 263 g/mol. The van der Waals surface area contributed by atoms with E-state index in [1.807, 2.05) is 6.92 Å². The van der Waals surface area contributed by atoms with Crippen molar-refractivity contribution in [3.63, 3.8) is 0 Å². The molecule has 0 aromatic carbocycles. The van der Waals surface area contributed by atoms with E-state index in [0.29, 0.717) is 5.92 Å². The van der Waals surface area contributed by atoms with Gasteiger partial charge in [-0.05, 0) is 25.7 Å². The maximum Gasteiger partial charge on any atom is 0.320 e. The summed E-state index contributed by atoms with van der Waals surface area (Å²) in [5, 5.41) is 8.50. The van der Waals surface area contributed by atoms with Crippen molar-refractivity contribution in [2.75, 3.05) is 5.75 Å². The Kier molecular flexibility index (Phi) is 5.39. The van der Waals surface area contributed by atoms with Gasteiger partial charge in [0.1, 0.15) is 0 Å². The van der Waals surface area contributed by atoms with Crippen molar-refractivity contribution in [3.05, 3.63) is 0 Å². The molecule has 1 atom stereocenters. The van der Waals surface area contributed by atoms with Crippen molar-refractivity contribution in [1.82, 2.24) is 4.72 Å². The SMILES string of the molecule is C[C@H](NS(=O)(=O)CC(=O)O)C1CCCCCC1. The van der Waals surface area contributed by atoms with Crippen LogP contribution < -0.4 is 4.72 Å². The number of sulfonamides is 1. The lowest BCUT2D eigenvalue weighted by atomic mass is 9.94. The zero-order chi connectivity index (χ0) is 12.9. The Morgan fingerprint density at radius 2 is 1.82 bits per heavy atom. The third-order valence-electron chi connectivity index (χ3n) is 3.29. The highest BCUT2D eigenvalue weighted by Gasteiger charge is 2.24. The van der Waals surface area contributed by atoms with Crippen LogP contribution >= 0.6 is 0 Å². The van der Waals surface area contributed by atoms with Gasteiger partial charge in [-0.2, -0.15) is 0 Å². The van der Waals surface area contributed by atoms with Crippen LogP contribution in [0.25, 0.3) is 0 Å². The van der Waals surface area contributed by atoms with Crippen LogP contribution in [-0.2, 0) is 14.8 Å². The molecule has 1 aliphatic carbocycles. The van der Waals surface area contributed by atoms with E-state index in [1.54, 1.807) is 0 Å². The fourth-order valence-corrected chi connectivity index (χ4v) is 3.56. The van der Waals surface area contributed by atoms with Gasteiger partial charge < -0.3 is 5.11 Å². The summed E-state index contributed by atoms with van der Waals surface area (Å²) in [6, 6.07) is -0.169. The lowest BCUT2D eigenvalue weighted by molar-refractivity contribution is -0.134. The first kappa shape index (κ1) is 14.4. The molecule has 1 aliphatic rings. The van der Waals surface area contributed by atoms with E-state index in [4.69, 9.17) is 5.11 Å². The minimum absolute atomic E-state index is 0.169. The van der Waals surface area contributed by atoms with Gasteiger partial charge in [0.05, 0.1) is 0 Å². The van der Waals surface area contributed by atoms with Gasteiger partial charge in [-0.25, -0.2) is 13.1 Å². The molecule has 0 bridgehead atoms. The summed E-state index contributed by atoms with van der Waals surface area (Å²) in [7, 11) is -3.69. The lowest BCUT2D eigenvalue weighted by Gasteiger charge is -2.22. The molecule has 0 radical (unpaired) electrons. The molecule has 17 heavy (non-hydrogen) atoms. The van der Waals surface area contributed by atoms with Gasteiger partial charge in [-0.3, -0.25) is 4.79 Å². The van der Waals surface area contributed by atoms with Crippen LogP contribution in [-0.4, -0.2) is 31.3 Å². The van der Waals surface area contributed by atoms with Crippen LogP contribution in [0.15, 0.2) is 0 Å². The Labute approximate surface area is 103 Å². The van der Waals surface area contributed by atoms with E-state index >= 15 is 0 Å². The Morgan fingerprint density at radius 1 is 1.29 bits per heavy atom. The summed E-state index contributed by atoms with van der Waals surface area (Å²) >= 11 is 0. The lowest BCUT2D eigenvalue weighted by Crippen LogP contribution is -2.40. The molecule has 0 unspecified atom stereocenters. The van der Waals surface area contributed by atoms with Gasteiger partial charge in [0, 0.05) is 6.04 Å². The van der Waals surface area contributed by atoms with E-state index < -0.39 is 21.7 Å². The Balaban J connectivity index is 2.52. The third-order valence-corrected chi connectivity index (χ3v) is 4.64. The first-order valence-corrected chi connectivity index (χ1v) is 7.78. The smallest absolute Gasteiger partial charge is 0.320 e. The van der Waals surface area contributed by atoms with E-state index in [0.717, 1.165) is 25.7 Å². The van der Waals surface area contributed by atoms with Crippen molar-refractivity contribution in [2.24, 2.45) is 5.92 Å². The van der Waals surface area contributed by atoms with Crippen LogP contribution in [0.3, 0.4) is 0 Å². The van der Waals surface area contributed by atoms with Crippen molar-refractivity contribution in [2.45, 2.75) is 51.5 Å². The van der Waals surface area contributed by atoms with Gasteiger partial charge in [-0.15, -0.1) is 0 Å². The number of aliphatic carboxylic acids is 1. The molecule has 100 valence electrons. The molecule has 0 aliphatic heterocycles. The van der Waals surface area contributed by atoms with Gasteiger partial charge in [0.2, 0.25) is 10.0 Å². The summed E-state index contributed by atoms with van der Waals surface area (Å²) in [6.45, 7) is 1.83. The summed E-state index contributed by atoms with van der Waals surface area (Å²) in [5.41, 5.74) is 0. The topological polar surface area (TPSA) is 83.5 Å². The van der Waals surface area contributed by atoms with Gasteiger partial charge in [0.15, 0.2) is 5.75 Å². The molecule has 0 amide bonds. The molecule has 0 aromatic heterocycles. The summed E-state index contributed by atoms with van der Waals surface area (Å²) in [6.07, 6.45) is 6.75. The summed E-state index contributed by atoms with van der Waals surface area (Å²) in [4.78, 5) is 10.4. The van der Waals surface area contributed by atoms with E-state index in [1.165, 1.54) is 12.8 Å². The molecule has 2 N–H and O–H groups in total. The maximum absolute atomic E-state index is 11.5. The van der Waals surface area contributed by atoms with Crippen molar-refractivity contribution in [3.8, 4) is 0 Å². The van der Waals surface area contributed by atoms with Crippen molar-refractivity contribution < 1.29 is 18.3 Å². The molecular weight excluding hydrogens is 242 g/mol.